The molecule has 0 saturated heterocycles. The maximum Gasteiger partial charge on any atom is 0.157 e. The lowest BCUT2D eigenvalue weighted by Crippen LogP contribution is -2.31. The Balaban J connectivity index is 2.56. The first kappa shape index (κ1) is 9.30. The van der Waals surface area contributed by atoms with Crippen molar-refractivity contribution in [3.63, 3.8) is 0 Å². The van der Waals surface area contributed by atoms with Crippen molar-refractivity contribution >= 4 is 0 Å². The number of phenolic OH excluding ortho intramolecular Hbond substituents is 2. The smallest absolute Gasteiger partial charge is 0.157 e. The molecule has 0 amide bonds. The highest BCUT2D eigenvalue weighted by atomic mass is 16.3. The molecule has 1 aliphatic heterocycles. The Morgan fingerprint density at radius 3 is 2.43 bits per heavy atom. The lowest BCUT2D eigenvalue weighted by Gasteiger charge is -2.28. The summed E-state index contributed by atoms with van der Waals surface area (Å²) in [4.78, 5) is 0. The highest BCUT2D eigenvalue weighted by molar-refractivity contribution is 5.48. The van der Waals surface area contributed by atoms with Gasteiger partial charge in [0.2, 0.25) is 0 Å². The molecular weight excluding hydrogens is 182 g/mol. The largest absolute Gasteiger partial charge is 0.504 e. The Morgan fingerprint density at radius 1 is 1.21 bits per heavy atom. The molecule has 4 nitrogen and oxygen atoms in total. The van der Waals surface area contributed by atoms with Gasteiger partial charge in [-0.25, -0.2) is 0 Å². The van der Waals surface area contributed by atoms with Gasteiger partial charge in [0.05, 0.1) is 6.10 Å². The molecule has 1 aromatic carbocycles. The summed E-state index contributed by atoms with van der Waals surface area (Å²) in [5.41, 5.74) is 1.52. The van der Waals surface area contributed by atoms with E-state index in [0.29, 0.717) is 12.1 Å². The zero-order valence-electron chi connectivity index (χ0n) is 7.86. The molecule has 0 bridgehead atoms. The van der Waals surface area contributed by atoms with E-state index in [-0.39, 0.29) is 17.5 Å². The van der Waals surface area contributed by atoms with E-state index in [2.05, 4.69) is 5.32 Å². The van der Waals surface area contributed by atoms with Gasteiger partial charge in [0.25, 0.3) is 0 Å². The molecule has 1 aromatic rings. The molecular formula is C10H13NO3. The first-order valence-corrected chi connectivity index (χ1v) is 4.57. The summed E-state index contributed by atoms with van der Waals surface area (Å²) >= 11 is 0. The number of aromatic hydroxyl groups is 2. The van der Waals surface area contributed by atoms with Crippen molar-refractivity contribution in [1.82, 2.24) is 5.32 Å². The van der Waals surface area contributed by atoms with Crippen molar-refractivity contribution in [1.29, 1.82) is 0 Å². The average Bonchev–Trinajstić information content (AvgIpc) is 2.15. The first-order valence-electron chi connectivity index (χ1n) is 4.57. The highest BCUT2D eigenvalue weighted by Crippen LogP contribution is 2.36. The van der Waals surface area contributed by atoms with Gasteiger partial charge in [-0.2, -0.15) is 0 Å². The van der Waals surface area contributed by atoms with E-state index in [1.54, 1.807) is 0 Å². The summed E-state index contributed by atoms with van der Waals surface area (Å²) < 4.78 is 0. The van der Waals surface area contributed by atoms with Gasteiger partial charge in [0, 0.05) is 12.6 Å². The van der Waals surface area contributed by atoms with Crippen LogP contribution in [-0.4, -0.2) is 21.9 Å². The molecule has 0 aliphatic carbocycles. The van der Waals surface area contributed by atoms with Crippen molar-refractivity contribution in [2.75, 3.05) is 6.54 Å². The summed E-state index contributed by atoms with van der Waals surface area (Å²) in [5, 5.41) is 31.3. The quantitative estimate of drug-likeness (QED) is 0.462. The van der Waals surface area contributed by atoms with Crippen LogP contribution in [0.1, 0.15) is 30.2 Å². The molecule has 76 valence electrons. The predicted octanol–water partition coefficient (Wildman–Crippen LogP) is 0.795. The van der Waals surface area contributed by atoms with Crippen LogP contribution in [0.25, 0.3) is 0 Å². The molecule has 2 atom stereocenters. The molecule has 0 unspecified atom stereocenters. The van der Waals surface area contributed by atoms with E-state index >= 15 is 0 Å². The van der Waals surface area contributed by atoms with Crippen LogP contribution in [0.15, 0.2) is 12.1 Å². The second kappa shape index (κ2) is 3.15. The molecule has 14 heavy (non-hydrogen) atoms. The molecule has 0 saturated carbocycles. The normalized spacial score (nSPS) is 25.9. The van der Waals surface area contributed by atoms with Crippen molar-refractivity contribution in [3.8, 4) is 11.5 Å². The molecule has 1 heterocycles. The number of β-amino-alcohol motifs (C(OH)–C–C–N with tert-alkyl or cyclic N) is 1. The Hall–Kier alpha value is -1.26. The Labute approximate surface area is 81.8 Å². The molecule has 2 rings (SSSR count). The van der Waals surface area contributed by atoms with Gasteiger partial charge < -0.3 is 20.6 Å². The van der Waals surface area contributed by atoms with Crippen molar-refractivity contribution in [2.24, 2.45) is 0 Å². The lowest BCUT2D eigenvalue weighted by atomic mass is 9.93. The van der Waals surface area contributed by atoms with Gasteiger partial charge in [-0.1, -0.05) is 0 Å². The van der Waals surface area contributed by atoms with Crippen LogP contribution in [0.4, 0.5) is 0 Å². The Kier molecular flexibility index (Phi) is 2.09. The number of fused-ring (bicyclic) bond motifs is 1. The van der Waals surface area contributed by atoms with Crippen LogP contribution in [0.2, 0.25) is 0 Å². The topological polar surface area (TPSA) is 72.7 Å². The van der Waals surface area contributed by atoms with Crippen LogP contribution >= 0.6 is 0 Å². The van der Waals surface area contributed by atoms with Crippen LogP contribution in [0, 0.1) is 0 Å². The molecule has 4 heteroatoms. The molecule has 0 radical (unpaired) electrons. The number of hydrogen-bond acceptors (Lipinski definition) is 4. The van der Waals surface area contributed by atoms with Crippen LogP contribution in [0.3, 0.4) is 0 Å². The van der Waals surface area contributed by atoms with Crippen molar-refractivity contribution in [2.45, 2.75) is 19.1 Å². The molecule has 0 aromatic heterocycles. The molecule has 0 fully saturated rings. The monoisotopic (exact) mass is 195 g/mol. The predicted molar refractivity (Wildman–Crippen MR) is 51.1 cm³/mol. The fraction of sp³-hybridized carbons (Fsp3) is 0.400. The zero-order chi connectivity index (χ0) is 10.3. The zero-order valence-corrected chi connectivity index (χ0v) is 7.86. The number of aliphatic hydroxyl groups excluding tert-OH is 1. The fourth-order valence-corrected chi connectivity index (χ4v) is 1.78. The number of phenols is 2. The number of rotatable bonds is 0. The summed E-state index contributed by atoms with van der Waals surface area (Å²) in [6.07, 6.45) is -0.618. The van der Waals surface area contributed by atoms with E-state index in [1.807, 2.05) is 6.92 Å². The van der Waals surface area contributed by atoms with E-state index in [4.69, 9.17) is 0 Å². The number of nitrogens with one attached hydrogen (secondary N) is 1. The second-order valence-electron chi connectivity index (χ2n) is 3.62. The van der Waals surface area contributed by atoms with Gasteiger partial charge in [-0.3, -0.25) is 0 Å². The molecule has 1 aliphatic rings. The summed E-state index contributed by atoms with van der Waals surface area (Å²) in [6.45, 7) is 2.42. The number of hydrogen-bond donors (Lipinski definition) is 4. The third-order valence-corrected chi connectivity index (χ3v) is 2.62. The standard InChI is InChI=1S/C10H13NO3/c1-5-6-2-8(12)9(13)3-7(6)10(14)4-11-5/h2-3,5,10-14H,4H2,1H3/t5-,10-/m0/s1. The average molecular weight is 195 g/mol. The number of benzene rings is 1. The minimum atomic E-state index is -0.618. The summed E-state index contributed by atoms with van der Waals surface area (Å²) in [5.74, 6) is -0.330. The lowest BCUT2D eigenvalue weighted by molar-refractivity contribution is 0.158. The SMILES string of the molecule is C[C@@H]1NC[C@H](O)c2cc(O)c(O)cc21. The van der Waals surface area contributed by atoms with Crippen molar-refractivity contribution < 1.29 is 15.3 Å². The Bertz CT molecular complexity index is 330. The van der Waals surface area contributed by atoms with Crippen LogP contribution in [-0.2, 0) is 0 Å². The maximum atomic E-state index is 9.64. The number of aliphatic hydroxyl groups is 1. The van der Waals surface area contributed by atoms with Crippen molar-refractivity contribution in [3.05, 3.63) is 23.3 Å². The van der Waals surface area contributed by atoms with Gasteiger partial charge in [-0.15, -0.1) is 0 Å². The maximum absolute atomic E-state index is 9.64. The van der Waals surface area contributed by atoms with Crippen LogP contribution < -0.4 is 5.32 Å². The van der Waals surface area contributed by atoms with E-state index in [9.17, 15) is 15.3 Å². The van der Waals surface area contributed by atoms with E-state index < -0.39 is 6.10 Å². The highest BCUT2D eigenvalue weighted by Gasteiger charge is 2.24. The van der Waals surface area contributed by atoms with E-state index in [0.717, 1.165) is 5.56 Å². The molecule has 0 spiro atoms. The Morgan fingerprint density at radius 2 is 1.79 bits per heavy atom. The van der Waals surface area contributed by atoms with E-state index in [1.165, 1.54) is 12.1 Å². The first-order chi connectivity index (χ1) is 6.59. The third-order valence-electron chi connectivity index (χ3n) is 2.62. The van der Waals surface area contributed by atoms with Gasteiger partial charge in [-0.05, 0) is 30.2 Å². The van der Waals surface area contributed by atoms with Gasteiger partial charge in [0.15, 0.2) is 11.5 Å². The van der Waals surface area contributed by atoms with Gasteiger partial charge in [0.1, 0.15) is 0 Å². The van der Waals surface area contributed by atoms with Crippen LogP contribution in [0.5, 0.6) is 11.5 Å². The van der Waals surface area contributed by atoms with Gasteiger partial charge >= 0.3 is 0 Å². The minimum absolute atomic E-state index is 0.0832. The third kappa shape index (κ3) is 1.32. The summed E-state index contributed by atoms with van der Waals surface area (Å²) in [6, 6.07) is 3.00. The fourth-order valence-electron chi connectivity index (χ4n) is 1.78. The second-order valence-corrected chi connectivity index (χ2v) is 3.62. The summed E-state index contributed by atoms with van der Waals surface area (Å²) in [7, 11) is 0. The molecule has 4 N–H and O–H groups in total. The minimum Gasteiger partial charge on any atom is -0.504 e.